The van der Waals surface area contributed by atoms with E-state index in [2.05, 4.69) is 43.6 Å². The Hall–Kier alpha value is -0.610. The molecule has 122 valence electrons. The third-order valence-electron chi connectivity index (χ3n) is 4.79. The molecule has 0 atom stereocenters. The van der Waals surface area contributed by atoms with E-state index in [1.807, 2.05) is 0 Å². The van der Waals surface area contributed by atoms with Gasteiger partial charge in [0.1, 0.15) is 0 Å². The smallest absolute Gasteiger partial charge is 0.220 e. The molecule has 3 N–H and O–H groups in total. The average molecular weight is 295 g/mol. The van der Waals surface area contributed by atoms with Crippen molar-refractivity contribution in [2.75, 3.05) is 13.1 Å². The molecule has 0 unspecified atom stereocenters. The maximum Gasteiger partial charge on any atom is 0.220 e. The number of hydrogen-bond acceptors (Lipinski definition) is 3. The second-order valence-electron chi connectivity index (χ2n) is 8.30. The molecule has 4 heteroatoms. The van der Waals surface area contributed by atoms with Crippen LogP contribution in [0.5, 0.6) is 0 Å². The van der Waals surface area contributed by atoms with Gasteiger partial charge in [0, 0.05) is 23.5 Å². The van der Waals surface area contributed by atoms with Crippen molar-refractivity contribution >= 4 is 5.91 Å². The van der Waals surface area contributed by atoms with Crippen LogP contribution < -0.4 is 16.0 Å². The molecule has 0 bridgehead atoms. The predicted octanol–water partition coefficient (Wildman–Crippen LogP) is 2.19. The molecular formula is C17H33N3O. The molecule has 0 aromatic heterocycles. The molecule has 4 nitrogen and oxygen atoms in total. The average Bonchev–Trinajstić information content (AvgIpc) is 2.33. The number of piperidine rings is 2. The lowest BCUT2D eigenvalue weighted by atomic mass is 9.79. The summed E-state index contributed by atoms with van der Waals surface area (Å²) in [6.07, 6.45) is 6.20. The summed E-state index contributed by atoms with van der Waals surface area (Å²) in [5.41, 5.74) is 0.184. The van der Waals surface area contributed by atoms with E-state index in [4.69, 9.17) is 0 Å². The number of carbonyl (C=O) groups is 1. The number of rotatable bonds is 4. The van der Waals surface area contributed by atoms with Crippen LogP contribution in [0.3, 0.4) is 0 Å². The SMILES string of the molecule is CC1(C)CC(NC(=O)CCC2CCNCC2)CC(C)(C)N1. The first-order valence-corrected chi connectivity index (χ1v) is 8.55. The minimum atomic E-state index is 0.0920. The third kappa shape index (κ3) is 5.59. The number of hydrogen-bond donors (Lipinski definition) is 3. The van der Waals surface area contributed by atoms with Crippen LogP contribution in [-0.4, -0.2) is 36.1 Å². The second kappa shape index (κ2) is 6.66. The summed E-state index contributed by atoms with van der Waals surface area (Å²) in [7, 11) is 0. The van der Waals surface area contributed by atoms with Gasteiger partial charge in [-0.25, -0.2) is 0 Å². The molecule has 2 aliphatic rings. The molecule has 0 spiro atoms. The zero-order valence-corrected chi connectivity index (χ0v) is 14.2. The maximum atomic E-state index is 12.2. The lowest BCUT2D eigenvalue weighted by Gasteiger charge is -2.46. The molecule has 0 radical (unpaired) electrons. The predicted molar refractivity (Wildman–Crippen MR) is 87.3 cm³/mol. The Balaban J connectivity index is 1.76. The quantitative estimate of drug-likeness (QED) is 0.745. The molecule has 1 amide bonds. The van der Waals surface area contributed by atoms with E-state index in [-0.39, 0.29) is 17.0 Å². The molecule has 0 aromatic rings. The molecule has 2 aliphatic heterocycles. The van der Waals surface area contributed by atoms with Gasteiger partial charge in [-0.1, -0.05) is 0 Å². The fraction of sp³-hybridized carbons (Fsp3) is 0.941. The van der Waals surface area contributed by atoms with E-state index in [1.54, 1.807) is 0 Å². The molecule has 2 fully saturated rings. The fourth-order valence-corrected chi connectivity index (χ4v) is 4.23. The highest BCUT2D eigenvalue weighted by atomic mass is 16.1. The maximum absolute atomic E-state index is 12.2. The van der Waals surface area contributed by atoms with E-state index >= 15 is 0 Å². The van der Waals surface area contributed by atoms with Gasteiger partial charge >= 0.3 is 0 Å². The van der Waals surface area contributed by atoms with Gasteiger partial charge in [-0.2, -0.15) is 0 Å². The zero-order chi connectivity index (χ0) is 15.5. The Morgan fingerprint density at radius 3 is 2.24 bits per heavy atom. The van der Waals surface area contributed by atoms with Crippen LogP contribution in [0.1, 0.15) is 66.2 Å². The van der Waals surface area contributed by atoms with Gasteiger partial charge in [0.25, 0.3) is 0 Å². The Morgan fingerprint density at radius 2 is 1.67 bits per heavy atom. The molecular weight excluding hydrogens is 262 g/mol. The molecule has 2 rings (SSSR count). The summed E-state index contributed by atoms with van der Waals surface area (Å²) in [6.45, 7) is 11.1. The number of nitrogens with one attached hydrogen (secondary N) is 3. The van der Waals surface area contributed by atoms with Crippen molar-refractivity contribution in [3.63, 3.8) is 0 Å². The van der Waals surface area contributed by atoms with E-state index in [9.17, 15) is 4.79 Å². The van der Waals surface area contributed by atoms with Gasteiger partial charge in [-0.3, -0.25) is 4.79 Å². The van der Waals surface area contributed by atoms with Gasteiger partial charge in [-0.15, -0.1) is 0 Å². The minimum absolute atomic E-state index is 0.0920. The third-order valence-corrected chi connectivity index (χ3v) is 4.79. The first-order chi connectivity index (χ1) is 9.76. The van der Waals surface area contributed by atoms with Crippen molar-refractivity contribution < 1.29 is 4.79 Å². The van der Waals surface area contributed by atoms with Crippen LogP contribution in [0.4, 0.5) is 0 Å². The molecule has 2 heterocycles. The standard InChI is InChI=1S/C17H33N3O/c1-16(2)11-14(12-17(3,4)20-16)19-15(21)6-5-13-7-9-18-10-8-13/h13-14,18,20H,5-12H2,1-4H3,(H,19,21). The lowest BCUT2D eigenvalue weighted by molar-refractivity contribution is -0.122. The normalized spacial score (nSPS) is 26.5. The van der Waals surface area contributed by atoms with Crippen LogP contribution in [0.2, 0.25) is 0 Å². The minimum Gasteiger partial charge on any atom is -0.353 e. The summed E-state index contributed by atoms with van der Waals surface area (Å²) in [4.78, 5) is 12.2. The van der Waals surface area contributed by atoms with Gasteiger partial charge < -0.3 is 16.0 Å². The Kier molecular flexibility index (Phi) is 5.31. The van der Waals surface area contributed by atoms with E-state index in [1.165, 1.54) is 12.8 Å². The molecule has 2 saturated heterocycles. The zero-order valence-electron chi connectivity index (χ0n) is 14.2. The number of carbonyl (C=O) groups excluding carboxylic acids is 1. The summed E-state index contributed by atoms with van der Waals surface area (Å²) in [6, 6.07) is 0.303. The monoisotopic (exact) mass is 295 g/mol. The van der Waals surface area contributed by atoms with Crippen molar-refractivity contribution in [2.45, 2.75) is 83.3 Å². The van der Waals surface area contributed by atoms with Crippen LogP contribution >= 0.6 is 0 Å². The van der Waals surface area contributed by atoms with Crippen molar-refractivity contribution in [3.05, 3.63) is 0 Å². The summed E-state index contributed by atoms with van der Waals surface area (Å²) in [5, 5.41) is 10.3. The van der Waals surface area contributed by atoms with Crippen LogP contribution in [-0.2, 0) is 4.79 Å². The van der Waals surface area contributed by atoms with Crippen LogP contribution in [0.15, 0.2) is 0 Å². The van der Waals surface area contributed by atoms with Crippen LogP contribution in [0.25, 0.3) is 0 Å². The molecule has 21 heavy (non-hydrogen) atoms. The lowest BCUT2D eigenvalue weighted by Crippen LogP contribution is -2.62. The topological polar surface area (TPSA) is 53.2 Å². The van der Waals surface area contributed by atoms with E-state index < -0.39 is 0 Å². The Morgan fingerprint density at radius 1 is 1.10 bits per heavy atom. The van der Waals surface area contributed by atoms with Crippen molar-refractivity contribution in [1.82, 2.24) is 16.0 Å². The van der Waals surface area contributed by atoms with E-state index in [0.29, 0.717) is 12.5 Å². The molecule has 0 aromatic carbocycles. The highest BCUT2D eigenvalue weighted by Gasteiger charge is 2.38. The summed E-state index contributed by atoms with van der Waals surface area (Å²) >= 11 is 0. The van der Waals surface area contributed by atoms with Crippen molar-refractivity contribution in [3.8, 4) is 0 Å². The molecule has 0 aliphatic carbocycles. The van der Waals surface area contributed by atoms with Crippen molar-refractivity contribution in [2.24, 2.45) is 5.92 Å². The highest BCUT2D eigenvalue weighted by Crippen LogP contribution is 2.28. The first kappa shape index (κ1) is 16.8. The summed E-state index contributed by atoms with van der Waals surface area (Å²) in [5.74, 6) is 0.977. The van der Waals surface area contributed by atoms with Gasteiger partial charge in [0.05, 0.1) is 0 Å². The molecule has 0 saturated carbocycles. The Bertz CT molecular complexity index is 343. The van der Waals surface area contributed by atoms with Gasteiger partial charge in [0.2, 0.25) is 5.91 Å². The number of amides is 1. The fourth-order valence-electron chi connectivity index (χ4n) is 4.23. The van der Waals surface area contributed by atoms with Gasteiger partial charge in [0.15, 0.2) is 0 Å². The second-order valence-corrected chi connectivity index (χ2v) is 8.30. The summed E-state index contributed by atoms with van der Waals surface area (Å²) < 4.78 is 0. The van der Waals surface area contributed by atoms with Crippen LogP contribution in [0, 0.1) is 5.92 Å². The Labute approximate surface area is 129 Å². The van der Waals surface area contributed by atoms with Gasteiger partial charge in [-0.05, 0) is 78.8 Å². The highest BCUT2D eigenvalue weighted by molar-refractivity contribution is 5.76. The largest absolute Gasteiger partial charge is 0.353 e. The first-order valence-electron chi connectivity index (χ1n) is 8.55. The van der Waals surface area contributed by atoms with Crippen molar-refractivity contribution in [1.29, 1.82) is 0 Å². The van der Waals surface area contributed by atoms with E-state index in [0.717, 1.165) is 38.3 Å².